The molecule has 0 amide bonds. The number of nitrogens with two attached hydrogens (primary N) is 1. The number of primary sulfonamides is 1. The first-order chi connectivity index (χ1) is 6.80. The molecule has 0 atom stereocenters. The van der Waals surface area contributed by atoms with Gasteiger partial charge in [-0.2, -0.15) is 0 Å². The number of rotatable bonds is 1. The van der Waals surface area contributed by atoms with Gasteiger partial charge >= 0.3 is 0 Å². The molecule has 1 aromatic rings. The van der Waals surface area contributed by atoms with Gasteiger partial charge < -0.3 is 9.47 Å². The molecule has 0 bridgehead atoms. The SMILES string of the molecule is CC1(C)Oc2cccc(S(N)(=O)=O)c2O1.[Na]. The molecule has 5 nitrogen and oxygen atoms in total. The van der Waals surface area contributed by atoms with E-state index in [4.69, 9.17) is 14.6 Å². The van der Waals surface area contributed by atoms with Crippen molar-refractivity contribution in [2.24, 2.45) is 5.14 Å². The zero-order valence-electron chi connectivity index (χ0n) is 9.35. The average molecular weight is 252 g/mol. The smallest absolute Gasteiger partial charge is 0.246 e. The standard InChI is InChI=1S/C9H11NO4S.Na/c1-9(2)13-6-4-3-5-7(8(6)14-9)15(10,11)12;/h3-5H,1-2H3,(H2,10,11,12);. The first-order valence-electron chi connectivity index (χ1n) is 4.33. The van der Waals surface area contributed by atoms with Crippen LogP contribution in [0.2, 0.25) is 0 Å². The van der Waals surface area contributed by atoms with E-state index in [2.05, 4.69) is 0 Å². The second-order valence-corrected chi connectivity index (χ2v) is 5.26. The molecule has 0 spiro atoms. The number of fused-ring (bicyclic) bond motifs is 1. The Labute approximate surface area is 116 Å². The van der Waals surface area contributed by atoms with Gasteiger partial charge in [-0.25, -0.2) is 13.6 Å². The van der Waals surface area contributed by atoms with E-state index in [-0.39, 0.29) is 40.2 Å². The summed E-state index contributed by atoms with van der Waals surface area (Å²) in [7, 11) is -3.78. The molecule has 0 saturated heterocycles. The maximum atomic E-state index is 11.2. The van der Waals surface area contributed by atoms with Crippen molar-refractivity contribution in [2.75, 3.05) is 0 Å². The number of hydrogen-bond acceptors (Lipinski definition) is 4. The van der Waals surface area contributed by atoms with E-state index in [1.807, 2.05) is 0 Å². The van der Waals surface area contributed by atoms with Crippen molar-refractivity contribution in [3.63, 3.8) is 0 Å². The molecule has 1 radical (unpaired) electrons. The summed E-state index contributed by atoms with van der Waals surface area (Å²) in [4.78, 5) is -0.0504. The minimum atomic E-state index is -3.78. The van der Waals surface area contributed by atoms with Gasteiger partial charge in [0.1, 0.15) is 4.90 Å². The Bertz CT molecular complexity index is 512. The summed E-state index contributed by atoms with van der Waals surface area (Å²) in [5, 5.41) is 5.06. The van der Waals surface area contributed by atoms with Gasteiger partial charge in [-0.1, -0.05) is 6.07 Å². The second kappa shape index (κ2) is 4.19. The van der Waals surface area contributed by atoms with Gasteiger partial charge in [0.2, 0.25) is 15.8 Å². The second-order valence-electron chi connectivity index (χ2n) is 3.73. The average Bonchev–Trinajstić information content (AvgIpc) is 2.35. The van der Waals surface area contributed by atoms with E-state index in [9.17, 15) is 8.42 Å². The third-order valence-electron chi connectivity index (χ3n) is 1.95. The molecule has 0 aromatic heterocycles. The molecule has 0 fully saturated rings. The zero-order chi connectivity index (χ0) is 11.3. The third-order valence-corrected chi connectivity index (χ3v) is 2.89. The predicted octanol–water partition coefficient (Wildman–Crippen LogP) is 0.461. The van der Waals surface area contributed by atoms with E-state index < -0.39 is 15.8 Å². The third kappa shape index (κ3) is 2.52. The fourth-order valence-electron chi connectivity index (χ4n) is 1.43. The maximum Gasteiger partial charge on any atom is 0.246 e. The molecule has 7 heteroatoms. The number of ether oxygens (including phenoxy) is 2. The van der Waals surface area contributed by atoms with Gasteiger partial charge in [0.15, 0.2) is 11.5 Å². The van der Waals surface area contributed by atoms with E-state index in [1.54, 1.807) is 26.0 Å². The molecule has 83 valence electrons. The molecule has 1 heterocycles. The molecule has 1 aliphatic rings. The molecule has 1 aliphatic heterocycles. The van der Waals surface area contributed by atoms with Crippen LogP contribution < -0.4 is 14.6 Å². The molecular formula is C9H11NNaO4S. The Morgan fingerprint density at radius 2 is 1.88 bits per heavy atom. The molecule has 0 saturated carbocycles. The summed E-state index contributed by atoms with van der Waals surface area (Å²) in [6.07, 6.45) is 0. The quantitative estimate of drug-likeness (QED) is 0.736. The van der Waals surface area contributed by atoms with Crippen LogP contribution in [0.1, 0.15) is 13.8 Å². The van der Waals surface area contributed by atoms with E-state index in [1.165, 1.54) is 6.07 Å². The van der Waals surface area contributed by atoms with Gasteiger partial charge in [0.05, 0.1) is 0 Å². The maximum absolute atomic E-state index is 11.2. The zero-order valence-corrected chi connectivity index (χ0v) is 12.2. The Kier molecular flexibility index (Phi) is 3.62. The van der Waals surface area contributed by atoms with E-state index >= 15 is 0 Å². The summed E-state index contributed by atoms with van der Waals surface area (Å²) >= 11 is 0. The summed E-state index contributed by atoms with van der Waals surface area (Å²) in [5.74, 6) is -0.278. The van der Waals surface area contributed by atoms with Gasteiger partial charge in [-0.3, -0.25) is 0 Å². The Morgan fingerprint density at radius 3 is 2.44 bits per heavy atom. The van der Waals surface area contributed by atoms with E-state index in [0.29, 0.717) is 5.75 Å². The van der Waals surface area contributed by atoms with Gasteiger partial charge in [0, 0.05) is 43.4 Å². The van der Waals surface area contributed by atoms with Crippen LogP contribution in [0, 0.1) is 0 Å². The molecular weight excluding hydrogens is 241 g/mol. The molecule has 0 unspecified atom stereocenters. The van der Waals surface area contributed by atoms with Crippen LogP contribution in [0.3, 0.4) is 0 Å². The van der Waals surface area contributed by atoms with E-state index in [0.717, 1.165) is 0 Å². The Morgan fingerprint density at radius 1 is 1.25 bits per heavy atom. The number of benzene rings is 1. The topological polar surface area (TPSA) is 78.6 Å². The first-order valence-corrected chi connectivity index (χ1v) is 5.88. The van der Waals surface area contributed by atoms with Crippen LogP contribution in [0.5, 0.6) is 11.5 Å². The molecule has 2 N–H and O–H groups in total. The van der Waals surface area contributed by atoms with Crippen molar-refractivity contribution < 1.29 is 17.9 Å². The van der Waals surface area contributed by atoms with Crippen LogP contribution in [0.4, 0.5) is 0 Å². The Balaban J connectivity index is 0.00000128. The van der Waals surface area contributed by atoms with Crippen LogP contribution in [-0.2, 0) is 10.0 Å². The van der Waals surface area contributed by atoms with Crippen molar-refractivity contribution in [3.8, 4) is 11.5 Å². The normalized spacial score (nSPS) is 16.7. The fraction of sp³-hybridized carbons (Fsp3) is 0.333. The van der Waals surface area contributed by atoms with Gasteiger partial charge in [0.25, 0.3) is 0 Å². The molecule has 2 rings (SSSR count). The summed E-state index contributed by atoms with van der Waals surface area (Å²) < 4.78 is 33.3. The van der Waals surface area contributed by atoms with Crippen molar-refractivity contribution in [1.82, 2.24) is 0 Å². The number of para-hydroxylation sites is 1. The van der Waals surface area contributed by atoms with Crippen LogP contribution >= 0.6 is 0 Å². The summed E-state index contributed by atoms with van der Waals surface area (Å²) in [6.45, 7) is 3.39. The number of hydrogen-bond donors (Lipinski definition) is 1. The summed E-state index contributed by atoms with van der Waals surface area (Å²) in [6, 6.07) is 4.58. The van der Waals surface area contributed by atoms with Crippen molar-refractivity contribution in [2.45, 2.75) is 24.5 Å². The molecule has 1 aromatic carbocycles. The van der Waals surface area contributed by atoms with Crippen molar-refractivity contribution in [3.05, 3.63) is 18.2 Å². The fourth-order valence-corrected chi connectivity index (χ4v) is 2.10. The van der Waals surface area contributed by atoms with Gasteiger partial charge in [-0.05, 0) is 12.1 Å². The van der Waals surface area contributed by atoms with Crippen LogP contribution in [-0.4, -0.2) is 43.8 Å². The van der Waals surface area contributed by atoms with Crippen molar-refractivity contribution >= 4 is 39.6 Å². The van der Waals surface area contributed by atoms with Crippen LogP contribution in [0.25, 0.3) is 0 Å². The van der Waals surface area contributed by atoms with Crippen molar-refractivity contribution in [1.29, 1.82) is 0 Å². The largest absolute Gasteiger partial charge is 0.449 e. The van der Waals surface area contributed by atoms with Crippen LogP contribution in [0.15, 0.2) is 23.1 Å². The monoisotopic (exact) mass is 252 g/mol. The molecule has 16 heavy (non-hydrogen) atoms. The first kappa shape index (κ1) is 13.8. The van der Waals surface area contributed by atoms with Gasteiger partial charge in [-0.15, -0.1) is 0 Å². The Hall–Kier alpha value is -0.270. The minimum absolute atomic E-state index is 0. The summed E-state index contributed by atoms with van der Waals surface area (Å²) in [5.41, 5.74) is 0. The molecule has 0 aliphatic carbocycles. The number of sulfonamides is 1. The minimum Gasteiger partial charge on any atom is -0.449 e. The predicted molar refractivity (Wildman–Crippen MR) is 58.9 cm³/mol.